The fraction of sp³-hybridized carbons (Fsp3) is 0.500. The zero-order valence-corrected chi connectivity index (χ0v) is 13.0. The monoisotopic (exact) mass is 303 g/mol. The number of aromatic amines is 1. The van der Waals surface area contributed by atoms with Crippen LogP contribution in [0, 0.1) is 0 Å². The first-order chi connectivity index (χ1) is 10.3. The Bertz CT molecular complexity index is 608. The van der Waals surface area contributed by atoms with Crippen LogP contribution < -0.4 is 5.56 Å². The summed E-state index contributed by atoms with van der Waals surface area (Å²) < 4.78 is 0. The van der Waals surface area contributed by atoms with Crippen LogP contribution in [0.5, 0.6) is 0 Å². The van der Waals surface area contributed by atoms with E-state index < -0.39 is 0 Å². The van der Waals surface area contributed by atoms with Crippen LogP contribution in [0.1, 0.15) is 30.6 Å². The topological polar surface area (TPSA) is 49.0 Å². The molecule has 2 aromatic heterocycles. The van der Waals surface area contributed by atoms with E-state index in [0.29, 0.717) is 0 Å². The number of likely N-dealkylation sites (tertiary alicyclic amines) is 1. The largest absolute Gasteiger partial charge is 0.303 e. The van der Waals surface area contributed by atoms with Crippen molar-refractivity contribution in [3.63, 3.8) is 0 Å². The van der Waals surface area contributed by atoms with E-state index in [1.165, 1.54) is 56.3 Å². The maximum absolute atomic E-state index is 11.0. The van der Waals surface area contributed by atoms with Gasteiger partial charge in [-0.3, -0.25) is 4.79 Å². The SMILES string of the molecule is O=c1ccc(-c2ccc(CCCCN3CCCC3)s2)n[nH]1. The summed E-state index contributed by atoms with van der Waals surface area (Å²) in [5.41, 5.74) is 0.695. The number of rotatable bonds is 6. The Labute approximate surface area is 128 Å². The summed E-state index contributed by atoms with van der Waals surface area (Å²) in [5.74, 6) is 0. The highest BCUT2D eigenvalue weighted by Gasteiger charge is 2.10. The smallest absolute Gasteiger partial charge is 0.264 e. The highest BCUT2D eigenvalue weighted by molar-refractivity contribution is 7.15. The molecule has 3 rings (SSSR count). The van der Waals surface area contributed by atoms with Gasteiger partial charge in [-0.15, -0.1) is 11.3 Å². The molecule has 1 aliphatic heterocycles. The molecule has 2 aromatic rings. The minimum atomic E-state index is -0.155. The first kappa shape index (κ1) is 14.5. The first-order valence-corrected chi connectivity index (χ1v) is 8.50. The molecular formula is C16H21N3OS. The molecule has 4 nitrogen and oxygen atoms in total. The summed E-state index contributed by atoms with van der Waals surface area (Å²) in [7, 11) is 0. The van der Waals surface area contributed by atoms with Gasteiger partial charge in [0.05, 0.1) is 4.88 Å². The van der Waals surface area contributed by atoms with Crippen LogP contribution in [0.15, 0.2) is 29.1 Å². The molecule has 0 radical (unpaired) electrons. The molecule has 3 heterocycles. The van der Waals surface area contributed by atoms with Crippen molar-refractivity contribution in [2.24, 2.45) is 0 Å². The number of H-pyrrole nitrogens is 1. The lowest BCUT2D eigenvalue weighted by molar-refractivity contribution is 0.330. The van der Waals surface area contributed by atoms with Crippen molar-refractivity contribution in [3.05, 3.63) is 39.5 Å². The Morgan fingerprint density at radius 3 is 2.76 bits per heavy atom. The summed E-state index contributed by atoms with van der Waals surface area (Å²) in [6, 6.07) is 7.59. The average molecular weight is 303 g/mol. The summed E-state index contributed by atoms with van der Waals surface area (Å²) in [6.07, 6.45) is 6.42. The van der Waals surface area contributed by atoms with Crippen LogP contribution >= 0.6 is 11.3 Å². The van der Waals surface area contributed by atoms with E-state index in [1.54, 1.807) is 17.4 Å². The third kappa shape index (κ3) is 4.02. The number of aromatic nitrogens is 2. The number of aryl methyl sites for hydroxylation is 1. The summed E-state index contributed by atoms with van der Waals surface area (Å²) in [6.45, 7) is 3.84. The standard InChI is InChI=1S/C16H21N3OS/c20-16-9-7-14(17-18-16)15-8-6-13(21-15)5-1-2-10-19-11-3-4-12-19/h6-9H,1-5,10-12H2,(H,18,20). The number of thiophene rings is 1. The second kappa shape index (κ2) is 7.00. The van der Waals surface area contributed by atoms with Gasteiger partial charge in [-0.25, -0.2) is 5.10 Å². The molecule has 0 aromatic carbocycles. The van der Waals surface area contributed by atoms with Gasteiger partial charge in [0, 0.05) is 10.9 Å². The van der Waals surface area contributed by atoms with Crippen LogP contribution in [0.2, 0.25) is 0 Å². The quantitative estimate of drug-likeness (QED) is 0.835. The molecule has 0 amide bonds. The fourth-order valence-electron chi connectivity index (χ4n) is 2.77. The van der Waals surface area contributed by atoms with Crippen LogP contribution in [0.4, 0.5) is 0 Å². The number of nitrogens with one attached hydrogen (secondary N) is 1. The lowest BCUT2D eigenvalue weighted by Crippen LogP contribution is -2.20. The number of nitrogens with zero attached hydrogens (tertiary/aromatic N) is 2. The van der Waals surface area contributed by atoms with Crippen LogP contribution in [0.3, 0.4) is 0 Å². The van der Waals surface area contributed by atoms with E-state index in [4.69, 9.17) is 0 Å². The van der Waals surface area contributed by atoms with Gasteiger partial charge >= 0.3 is 0 Å². The lowest BCUT2D eigenvalue weighted by Gasteiger charge is -2.13. The Morgan fingerprint density at radius 2 is 2.00 bits per heavy atom. The molecule has 112 valence electrons. The predicted octanol–water partition coefficient (Wildman–Crippen LogP) is 2.92. The number of hydrogen-bond acceptors (Lipinski definition) is 4. The molecule has 1 N–H and O–H groups in total. The minimum Gasteiger partial charge on any atom is -0.303 e. The molecule has 0 unspecified atom stereocenters. The van der Waals surface area contributed by atoms with Crippen LogP contribution in [-0.2, 0) is 6.42 Å². The van der Waals surface area contributed by atoms with E-state index in [0.717, 1.165) is 17.0 Å². The summed E-state index contributed by atoms with van der Waals surface area (Å²) in [5, 5.41) is 6.56. The van der Waals surface area contributed by atoms with E-state index in [1.807, 2.05) is 0 Å². The molecule has 0 bridgehead atoms. The summed E-state index contributed by atoms with van der Waals surface area (Å²) in [4.78, 5) is 16.1. The third-order valence-corrected chi connectivity index (χ3v) is 5.11. The maximum atomic E-state index is 11.0. The van der Waals surface area contributed by atoms with Crippen molar-refractivity contribution in [1.29, 1.82) is 0 Å². The third-order valence-electron chi connectivity index (χ3n) is 3.94. The molecule has 21 heavy (non-hydrogen) atoms. The Balaban J connectivity index is 1.48. The zero-order chi connectivity index (χ0) is 14.5. The summed E-state index contributed by atoms with van der Waals surface area (Å²) >= 11 is 1.78. The van der Waals surface area contributed by atoms with Gasteiger partial charge in [-0.05, 0) is 69.9 Å². The van der Waals surface area contributed by atoms with E-state index in [-0.39, 0.29) is 5.56 Å². The van der Waals surface area contributed by atoms with Crippen molar-refractivity contribution >= 4 is 11.3 Å². The highest BCUT2D eigenvalue weighted by atomic mass is 32.1. The fourth-order valence-corrected chi connectivity index (χ4v) is 3.79. The van der Waals surface area contributed by atoms with Gasteiger partial charge in [-0.2, -0.15) is 5.10 Å². The molecule has 5 heteroatoms. The van der Waals surface area contributed by atoms with Gasteiger partial charge in [-0.1, -0.05) is 0 Å². The van der Waals surface area contributed by atoms with E-state index in [9.17, 15) is 4.79 Å². The van der Waals surface area contributed by atoms with E-state index in [2.05, 4.69) is 27.2 Å². The molecule has 0 aliphatic carbocycles. The lowest BCUT2D eigenvalue weighted by atomic mass is 10.2. The Kier molecular flexibility index (Phi) is 4.83. The van der Waals surface area contributed by atoms with Crippen molar-refractivity contribution in [2.45, 2.75) is 32.1 Å². The Morgan fingerprint density at radius 1 is 1.14 bits per heavy atom. The van der Waals surface area contributed by atoms with Crippen molar-refractivity contribution in [2.75, 3.05) is 19.6 Å². The molecule has 0 spiro atoms. The molecule has 0 atom stereocenters. The first-order valence-electron chi connectivity index (χ1n) is 7.68. The number of hydrogen-bond donors (Lipinski definition) is 1. The normalized spacial score (nSPS) is 15.6. The average Bonchev–Trinajstić information content (AvgIpc) is 3.16. The van der Waals surface area contributed by atoms with Crippen molar-refractivity contribution < 1.29 is 0 Å². The van der Waals surface area contributed by atoms with Crippen molar-refractivity contribution in [1.82, 2.24) is 15.1 Å². The van der Waals surface area contributed by atoms with Gasteiger partial charge in [0.25, 0.3) is 5.56 Å². The molecule has 0 saturated carbocycles. The van der Waals surface area contributed by atoms with Crippen molar-refractivity contribution in [3.8, 4) is 10.6 Å². The molecule has 1 saturated heterocycles. The molecular weight excluding hydrogens is 282 g/mol. The predicted molar refractivity (Wildman–Crippen MR) is 86.8 cm³/mol. The van der Waals surface area contributed by atoms with E-state index >= 15 is 0 Å². The number of unbranched alkanes of at least 4 members (excludes halogenated alkanes) is 1. The molecule has 1 fully saturated rings. The second-order valence-electron chi connectivity index (χ2n) is 5.58. The zero-order valence-electron chi connectivity index (χ0n) is 12.2. The Hall–Kier alpha value is -1.46. The maximum Gasteiger partial charge on any atom is 0.264 e. The van der Waals surface area contributed by atoms with Gasteiger partial charge in [0.2, 0.25) is 0 Å². The minimum absolute atomic E-state index is 0.155. The van der Waals surface area contributed by atoms with Gasteiger partial charge in [0.15, 0.2) is 0 Å². The van der Waals surface area contributed by atoms with Crippen LogP contribution in [0.25, 0.3) is 10.6 Å². The van der Waals surface area contributed by atoms with Gasteiger partial charge < -0.3 is 4.90 Å². The van der Waals surface area contributed by atoms with Gasteiger partial charge in [0.1, 0.15) is 5.69 Å². The highest BCUT2D eigenvalue weighted by Crippen LogP contribution is 2.26. The van der Waals surface area contributed by atoms with Crippen LogP contribution in [-0.4, -0.2) is 34.7 Å². The second-order valence-corrected chi connectivity index (χ2v) is 6.75. The molecule has 1 aliphatic rings.